The second-order valence-corrected chi connectivity index (χ2v) is 7.24. The average molecular weight is 416 g/mol. The number of rotatable bonds is 8. The maximum atomic E-state index is 12.5. The Bertz CT molecular complexity index is 966. The fourth-order valence-electron chi connectivity index (χ4n) is 2.26. The molecule has 0 aliphatic rings. The number of halogens is 2. The van der Waals surface area contributed by atoms with Crippen LogP contribution in [0.15, 0.2) is 36.4 Å². The monoisotopic (exact) mass is 416 g/mol. The van der Waals surface area contributed by atoms with Crippen LogP contribution in [0.25, 0.3) is 0 Å². The number of methoxy groups -OCH3 is 2. The summed E-state index contributed by atoms with van der Waals surface area (Å²) in [5.74, 6) is -0.655. The van der Waals surface area contributed by atoms with Crippen LogP contribution < -0.4 is 24.2 Å². The lowest BCUT2D eigenvalue weighted by Gasteiger charge is -2.13. The Kier molecular flexibility index (Phi) is 6.62. The minimum Gasteiger partial charge on any atom is -0.494 e. The number of hydrogen-bond acceptors (Lipinski definition) is 6. The first-order chi connectivity index (χ1) is 13.1. The number of hydrogen-bond donors (Lipinski definition) is 2. The molecule has 0 spiro atoms. The first kappa shape index (κ1) is 21.2. The van der Waals surface area contributed by atoms with Gasteiger partial charge in [-0.15, -0.1) is 0 Å². The van der Waals surface area contributed by atoms with Crippen molar-refractivity contribution < 1.29 is 36.2 Å². The average Bonchev–Trinajstić information content (AvgIpc) is 2.61. The van der Waals surface area contributed by atoms with Crippen molar-refractivity contribution in [2.24, 2.45) is 0 Å². The molecule has 0 heterocycles. The summed E-state index contributed by atoms with van der Waals surface area (Å²) in [5.41, 5.74) is 0.543. The molecular weight excluding hydrogens is 398 g/mol. The molecular formula is C17H18F2N2O6S. The van der Waals surface area contributed by atoms with Gasteiger partial charge in [0.1, 0.15) is 5.75 Å². The van der Waals surface area contributed by atoms with Gasteiger partial charge in [-0.3, -0.25) is 9.52 Å². The van der Waals surface area contributed by atoms with Crippen LogP contribution in [0.3, 0.4) is 0 Å². The van der Waals surface area contributed by atoms with Crippen LogP contribution in [0.2, 0.25) is 0 Å². The highest BCUT2D eigenvalue weighted by Gasteiger charge is 2.16. The molecule has 0 fully saturated rings. The summed E-state index contributed by atoms with van der Waals surface area (Å²) in [6.45, 7) is -3.08. The van der Waals surface area contributed by atoms with Gasteiger partial charge in [-0.1, -0.05) is 0 Å². The Balaban J connectivity index is 2.25. The van der Waals surface area contributed by atoms with E-state index in [-0.39, 0.29) is 28.5 Å². The number of carbonyl (C=O) groups is 1. The summed E-state index contributed by atoms with van der Waals surface area (Å²) < 4.78 is 64.4. The molecule has 0 bridgehead atoms. The largest absolute Gasteiger partial charge is 0.494 e. The van der Waals surface area contributed by atoms with Gasteiger partial charge in [0.15, 0.2) is 11.5 Å². The van der Waals surface area contributed by atoms with E-state index in [1.165, 1.54) is 44.6 Å². The third-order valence-corrected chi connectivity index (χ3v) is 3.99. The fraction of sp³-hybridized carbons (Fsp3) is 0.235. The number of carbonyl (C=O) groups excluding carboxylic acids is 1. The van der Waals surface area contributed by atoms with Crippen LogP contribution in [0, 0.1) is 0 Å². The smallest absolute Gasteiger partial charge is 0.387 e. The van der Waals surface area contributed by atoms with Crippen molar-refractivity contribution in [3.63, 3.8) is 0 Å². The molecule has 0 unspecified atom stereocenters. The molecule has 8 nitrogen and oxygen atoms in total. The lowest BCUT2D eigenvalue weighted by Crippen LogP contribution is -2.14. The molecule has 2 N–H and O–H groups in total. The predicted octanol–water partition coefficient (Wildman–Crippen LogP) is 2.93. The van der Waals surface area contributed by atoms with Crippen molar-refractivity contribution in [1.82, 2.24) is 0 Å². The van der Waals surface area contributed by atoms with Crippen molar-refractivity contribution >= 4 is 27.3 Å². The lowest BCUT2D eigenvalue weighted by atomic mass is 10.1. The van der Waals surface area contributed by atoms with Gasteiger partial charge < -0.3 is 19.5 Å². The Morgan fingerprint density at radius 1 is 1.00 bits per heavy atom. The third-order valence-electron chi connectivity index (χ3n) is 3.40. The highest BCUT2D eigenvalue weighted by Crippen LogP contribution is 2.31. The fourth-order valence-corrected chi connectivity index (χ4v) is 2.83. The first-order valence-corrected chi connectivity index (χ1v) is 9.62. The minimum atomic E-state index is -3.51. The second kappa shape index (κ2) is 8.74. The van der Waals surface area contributed by atoms with Gasteiger partial charge in [0.05, 0.1) is 26.2 Å². The topological polar surface area (TPSA) is 103 Å². The first-order valence-electron chi connectivity index (χ1n) is 7.73. The van der Waals surface area contributed by atoms with E-state index in [4.69, 9.17) is 9.47 Å². The van der Waals surface area contributed by atoms with Gasteiger partial charge in [-0.2, -0.15) is 8.78 Å². The molecule has 1 amide bonds. The molecule has 0 atom stereocenters. The number of nitrogens with one attached hydrogen (secondary N) is 2. The summed E-state index contributed by atoms with van der Waals surface area (Å²) in [5, 5.41) is 2.56. The Morgan fingerprint density at radius 3 is 2.25 bits per heavy atom. The van der Waals surface area contributed by atoms with E-state index in [1.807, 2.05) is 0 Å². The molecule has 2 rings (SSSR count). The van der Waals surface area contributed by atoms with Gasteiger partial charge in [0.25, 0.3) is 5.91 Å². The van der Waals surface area contributed by atoms with Crippen LogP contribution in [0.5, 0.6) is 17.2 Å². The number of alkyl halides is 2. The number of amides is 1. The number of benzene rings is 2. The maximum Gasteiger partial charge on any atom is 0.387 e. The van der Waals surface area contributed by atoms with E-state index in [0.29, 0.717) is 5.69 Å². The third kappa shape index (κ3) is 5.71. The summed E-state index contributed by atoms with van der Waals surface area (Å²) in [6, 6.07) is 8.10. The quantitative estimate of drug-likeness (QED) is 0.686. The molecule has 28 heavy (non-hydrogen) atoms. The van der Waals surface area contributed by atoms with Crippen molar-refractivity contribution in [2.75, 3.05) is 30.5 Å². The molecule has 0 saturated carbocycles. The zero-order valence-electron chi connectivity index (χ0n) is 15.2. The Labute approximate surface area is 160 Å². The zero-order chi connectivity index (χ0) is 20.9. The summed E-state index contributed by atoms with van der Waals surface area (Å²) in [7, 11) is -0.892. The normalized spacial score (nSPS) is 11.1. The number of ether oxygens (including phenoxy) is 3. The van der Waals surface area contributed by atoms with E-state index in [1.54, 1.807) is 0 Å². The van der Waals surface area contributed by atoms with Gasteiger partial charge in [-0.05, 0) is 30.3 Å². The highest BCUT2D eigenvalue weighted by atomic mass is 32.2. The standard InChI is InChI=1S/C17H18F2N2O6S/c1-25-13-7-4-10(8-15(13)27-17(18)19)16(22)20-11-5-6-12(14(9-11)26-2)21-28(3,23)24/h4-9,17,21H,1-3H3,(H,20,22). The van der Waals surface area contributed by atoms with Crippen molar-refractivity contribution in [3.8, 4) is 17.2 Å². The zero-order valence-corrected chi connectivity index (χ0v) is 16.0. The van der Waals surface area contributed by atoms with Crippen molar-refractivity contribution in [3.05, 3.63) is 42.0 Å². The molecule has 0 aliphatic carbocycles. The molecule has 0 aliphatic heterocycles. The van der Waals surface area contributed by atoms with Crippen molar-refractivity contribution in [1.29, 1.82) is 0 Å². The molecule has 2 aromatic carbocycles. The van der Waals surface area contributed by atoms with Crippen LogP contribution in [0.1, 0.15) is 10.4 Å². The Hall–Kier alpha value is -3.08. The van der Waals surface area contributed by atoms with Gasteiger partial charge in [-0.25, -0.2) is 8.42 Å². The second-order valence-electron chi connectivity index (χ2n) is 5.49. The lowest BCUT2D eigenvalue weighted by molar-refractivity contribution is -0.0512. The Morgan fingerprint density at radius 2 is 1.68 bits per heavy atom. The minimum absolute atomic E-state index is 0.0498. The highest BCUT2D eigenvalue weighted by molar-refractivity contribution is 7.92. The van der Waals surface area contributed by atoms with Crippen molar-refractivity contribution in [2.45, 2.75) is 6.61 Å². The molecule has 2 aromatic rings. The molecule has 152 valence electrons. The van der Waals surface area contributed by atoms with Gasteiger partial charge in [0.2, 0.25) is 10.0 Å². The van der Waals surface area contributed by atoms with E-state index >= 15 is 0 Å². The number of sulfonamides is 1. The van der Waals surface area contributed by atoms with Crippen LogP contribution in [-0.4, -0.2) is 41.4 Å². The van der Waals surface area contributed by atoms with Crippen LogP contribution in [0.4, 0.5) is 20.2 Å². The summed E-state index contributed by atoms with van der Waals surface area (Å²) in [6.07, 6.45) is 0.991. The molecule has 0 saturated heterocycles. The molecule has 0 aromatic heterocycles. The van der Waals surface area contributed by atoms with Gasteiger partial charge >= 0.3 is 6.61 Å². The summed E-state index contributed by atoms with van der Waals surface area (Å²) in [4.78, 5) is 12.4. The van der Waals surface area contributed by atoms with E-state index in [9.17, 15) is 22.0 Å². The van der Waals surface area contributed by atoms with Crippen LogP contribution >= 0.6 is 0 Å². The molecule has 0 radical (unpaired) electrons. The summed E-state index contributed by atoms with van der Waals surface area (Å²) >= 11 is 0. The van der Waals surface area contributed by atoms with Crippen LogP contribution in [-0.2, 0) is 10.0 Å². The number of anilines is 2. The van der Waals surface area contributed by atoms with E-state index in [2.05, 4.69) is 14.8 Å². The van der Waals surface area contributed by atoms with E-state index in [0.717, 1.165) is 12.3 Å². The SMILES string of the molecule is COc1cc(NC(=O)c2ccc(OC)c(OC(F)F)c2)ccc1NS(C)(=O)=O. The maximum absolute atomic E-state index is 12.5. The molecule has 11 heteroatoms. The van der Waals surface area contributed by atoms with E-state index < -0.39 is 22.5 Å². The van der Waals surface area contributed by atoms with Gasteiger partial charge in [0, 0.05) is 17.3 Å². The predicted molar refractivity (Wildman–Crippen MR) is 99.0 cm³/mol.